The summed E-state index contributed by atoms with van der Waals surface area (Å²) in [5.41, 5.74) is 8.30. The van der Waals surface area contributed by atoms with Crippen LogP contribution in [0.1, 0.15) is 61.3 Å². The van der Waals surface area contributed by atoms with E-state index in [0.29, 0.717) is 6.04 Å². The molecule has 3 aliphatic rings. The van der Waals surface area contributed by atoms with E-state index in [1.807, 2.05) is 0 Å². The molecule has 2 heteroatoms. The molecular formula is C27H34NSi+. The van der Waals surface area contributed by atoms with E-state index in [-0.39, 0.29) is 0 Å². The van der Waals surface area contributed by atoms with Gasteiger partial charge in [0.25, 0.3) is 0 Å². The topological polar surface area (TPSA) is 3.88 Å². The maximum Gasteiger partial charge on any atom is 0.220 e. The van der Waals surface area contributed by atoms with Crippen molar-refractivity contribution in [1.82, 2.24) is 0 Å². The second-order valence-electron chi connectivity index (χ2n) is 10.5. The van der Waals surface area contributed by atoms with E-state index in [0.717, 1.165) is 22.9 Å². The monoisotopic (exact) mass is 401 g/mol. The van der Waals surface area contributed by atoms with Crippen LogP contribution in [-0.4, -0.2) is 8.07 Å². The van der Waals surface area contributed by atoms with Gasteiger partial charge >= 0.3 is 0 Å². The van der Waals surface area contributed by atoms with Crippen molar-refractivity contribution in [3.63, 3.8) is 0 Å². The normalized spacial score (nSPS) is 21.4. The lowest BCUT2D eigenvalue weighted by molar-refractivity contribution is -0.665. The van der Waals surface area contributed by atoms with Gasteiger partial charge in [-0.1, -0.05) is 43.0 Å². The SMILES string of the molecule is [2H]c1c(C)[n+](C)c(-c2cc3c(cc2C)C2CCC3CC2)c2ccc([Si](C)(C)C)cc12. The van der Waals surface area contributed by atoms with Crippen LogP contribution in [0.4, 0.5) is 0 Å². The molecule has 1 nitrogen and oxygen atoms in total. The number of hydrogen-bond acceptors (Lipinski definition) is 0. The van der Waals surface area contributed by atoms with E-state index in [1.165, 1.54) is 53.1 Å². The molecule has 2 bridgehead atoms. The minimum absolute atomic E-state index is 0.672. The van der Waals surface area contributed by atoms with Crippen molar-refractivity contribution in [2.75, 3.05) is 0 Å². The molecule has 0 atom stereocenters. The van der Waals surface area contributed by atoms with Crippen LogP contribution in [0.25, 0.3) is 22.0 Å². The minimum Gasteiger partial charge on any atom is -0.198 e. The smallest absolute Gasteiger partial charge is 0.198 e. The van der Waals surface area contributed by atoms with Crippen molar-refractivity contribution >= 4 is 24.0 Å². The van der Waals surface area contributed by atoms with Gasteiger partial charge in [-0.25, -0.2) is 0 Å². The molecule has 1 fully saturated rings. The van der Waals surface area contributed by atoms with Gasteiger partial charge in [-0.05, 0) is 78.7 Å². The Morgan fingerprint density at radius 2 is 1.55 bits per heavy atom. The highest BCUT2D eigenvalue weighted by Gasteiger charge is 2.34. The third-order valence-corrected chi connectivity index (χ3v) is 9.63. The number of aryl methyl sites for hydroxylation is 1. The molecule has 0 radical (unpaired) electrons. The fourth-order valence-corrected chi connectivity index (χ4v) is 6.86. The fourth-order valence-electron chi connectivity index (χ4n) is 5.70. The zero-order chi connectivity index (χ0) is 21.4. The molecule has 0 spiro atoms. The molecule has 1 saturated carbocycles. The Morgan fingerprint density at radius 3 is 2.17 bits per heavy atom. The average Bonchev–Trinajstić information content (AvgIpc) is 2.72. The van der Waals surface area contributed by atoms with Crippen LogP contribution < -0.4 is 9.75 Å². The van der Waals surface area contributed by atoms with E-state index in [1.54, 1.807) is 11.1 Å². The first kappa shape index (κ1) is 17.9. The van der Waals surface area contributed by atoms with Gasteiger partial charge in [-0.3, -0.25) is 0 Å². The lowest BCUT2D eigenvalue weighted by Gasteiger charge is -2.38. The first-order valence-corrected chi connectivity index (χ1v) is 14.7. The van der Waals surface area contributed by atoms with Crippen LogP contribution >= 0.6 is 0 Å². The highest BCUT2D eigenvalue weighted by Crippen LogP contribution is 2.50. The lowest BCUT2D eigenvalue weighted by Crippen LogP contribution is -2.38. The van der Waals surface area contributed by atoms with Crippen molar-refractivity contribution in [3.8, 4) is 11.3 Å². The Balaban J connectivity index is 1.81. The van der Waals surface area contributed by atoms with Gasteiger partial charge in [-0.2, -0.15) is 4.57 Å². The number of rotatable bonds is 2. The number of benzene rings is 2. The summed E-state index contributed by atoms with van der Waals surface area (Å²) in [6.07, 6.45) is 5.47. The van der Waals surface area contributed by atoms with Gasteiger partial charge in [0.05, 0.1) is 20.4 Å². The Morgan fingerprint density at radius 1 is 0.931 bits per heavy atom. The summed E-state index contributed by atoms with van der Waals surface area (Å²) < 4.78 is 11.1. The number of fused-ring (bicyclic) bond motifs is 3. The van der Waals surface area contributed by atoms with Crippen molar-refractivity contribution in [3.05, 3.63) is 58.8 Å². The number of pyridine rings is 1. The predicted octanol–water partition coefficient (Wildman–Crippen LogP) is 6.25. The first-order valence-electron chi connectivity index (χ1n) is 11.7. The summed E-state index contributed by atoms with van der Waals surface area (Å²) in [5, 5.41) is 3.76. The van der Waals surface area contributed by atoms with Crippen LogP contribution in [0.5, 0.6) is 0 Å². The molecule has 0 aliphatic heterocycles. The summed E-state index contributed by atoms with van der Waals surface area (Å²) >= 11 is 0. The maximum absolute atomic E-state index is 8.86. The Hall–Kier alpha value is -1.93. The van der Waals surface area contributed by atoms with E-state index in [9.17, 15) is 0 Å². The average molecular weight is 402 g/mol. The summed E-state index contributed by atoms with van der Waals surface area (Å²) in [6, 6.07) is 12.6. The lowest BCUT2D eigenvalue weighted by atomic mass is 9.66. The van der Waals surface area contributed by atoms with Crippen LogP contribution in [0.2, 0.25) is 19.6 Å². The van der Waals surface area contributed by atoms with Crippen LogP contribution in [0.3, 0.4) is 0 Å². The van der Waals surface area contributed by atoms with Crippen LogP contribution in [0.15, 0.2) is 36.4 Å². The van der Waals surface area contributed by atoms with Crippen molar-refractivity contribution in [2.45, 2.75) is 71.0 Å². The molecule has 29 heavy (non-hydrogen) atoms. The molecule has 3 aromatic rings. The molecule has 0 unspecified atom stereocenters. The van der Waals surface area contributed by atoms with Gasteiger partial charge in [0.2, 0.25) is 5.69 Å². The molecule has 3 aliphatic carbocycles. The molecule has 0 amide bonds. The largest absolute Gasteiger partial charge is 0.220 e. The van der Waals surface area contributed by atoms with E-state index < -0.39 is 8.07 Å². The molecule has 2 aromatic carbocycles. The summed E-state index contributed by atoms with van der Waals surface area (Å²) in [6.45, 7) is 11.5. The molecule has 1 aromatic heterocycles. The second-order valence-corrected chi connectivity index (χ2v) is 15.6. The molecule has 150 valence electrons. The Labute approximate surface area is 178 Å². The highest BCUT2D eigenvalue weighted by atomic mass is 28.3. The Bertz CT molecular complexity index is 1180. The van der Waals surface area contributed by atoms with Gasteiger partial charge < -0.3 is 0 Å². The summed E-state index contributed by atoms with van der Waals surface area (Å²) in [5.74, 6) is 1.52. The quantitative estimate of drug-likeness (QED) is 0.353. The third kappa shape index (κ3) is 2.99. The fraction of sp³-hybridized carbons (Fsp3) is 0.444. The molecule has 1 heterocycles. The number of aromatic nitrogens is 1. The van der Waals surface area contributed by atoms with Gasteiger partial charge in [0, 0.05) is 13.0 Å². The molecule has 0 N–H and O–H groups in total. The summed E-state index contributed by atoms with van der Waals surface area (Å²) in [7, 11) is 0.708. The molecule has 6 rings (SSSR count). The summed E-state index contributed by atoms with van der Waals surface area (Å²) in [4.78, 5) is 0. The van der Waals surface area contributed by atoms with Gasteiger partial charge in [0.1, 0.15) is 7.05 Å². The second kappa shape index (κ2) is 6.53. The standard InChI is InChI=1S/C27H34NSi/c1-17-13-25-19-7-9-20(10-8-19)26(25)16-24(17)27-23-12-11-22(29(4,5)6)15-21(23)14-18(2)28(27)3/h11-16,19-20H,7-10H2,1-6H3/q+1/i14D. The predicted molar refractivity (Wildman–Crippen MR) is 127 cm³/mol. The number of nitrogens with zero attached hydrogens (tertiary/aromatic N) is 1. The van der Waals surface area contributed by atoms with E-state index in [2.05, 4.69) is 75.4 Å². The van der Waals surface area contributed by atoms with E-state index in [4.69, 9.17) is 1.37 Å². The van der Waals surface area contributed by atoms with Crippen molar-refractivity contribution in [1.29, 1.82) is 0 Å². The van der Waals surface area contributed by atoms with Gasteiger partial charge in [0.15, 0.2) is 5.69 Å². The third-order valence-electron chi connectivity index (χ3n) is 7.59. The zero-order valence-corrected chi connectivity index (χ0v) is 19.8. The molecule has 0 saturated heterocycles. The maximum atomic E-state index is 8.86. The van der Waals surface area contributed by atoms with Crippen LogP contribution in [0, 0.1) is 13.8 Å². The van der Waals surface area contributed by atoms with Crippen molar-refractivity contribution in [2.24, 2.45) is 7.05 Å². The van der Waals surface area contributed by atoms with Crippen LogP contribution in [-0.2, 0) is 7.05 Å². The minimum atomic E-state index is -1.43. The van der Waals surface area contributed by atoms with E-state index >= 15 is 0 Å². The molecular weight excluding hydrogens is 366 g/mol. The highest BCUT2D eigenvalue weighted by molar-refractivity contribution is 6.88. The number of hydrogen-bond donors (Lipinski definition) is 0. The first-order chi connectivity index (χ1) is 14.2. The zero-order valence-electron chi connectivity index (χ0n) is 19.8. The van der Waals surface area contributed by atoms with Crippen molar-refractivity contribution < 1.29 is 5.94 Å². The van der Waals surface area contributed by atoms with Gasteiger partial charge in [-0.15, -0.1) is 0 Å². The Kier molecular flexibility index (Phi) is 4.03.